The Kier molecular flexibility index (Phi) is 3.22. The summed E-state index contributed by atoms with van der Waals surface area (Å²) in [5.74, 6) is 0.0491. The standard InChI is InChI=1S/C16H22N2O3/c1-15(2)8-11-4-3-5-12(13(11)21-15)9-18-7-6-16(17,10-18)14(19)20/h3-5H,6-10,17H2,1-2H3,(H,19,20). The van der Waals surface area contributed by atoms with Gasteiger partial charge in [-0.15, -0.1) is 0 Å². The average molecular weight is 290 g/mol. The number of hydrogen-bond donors (Lipinski definition) is 2. The first-order valence-corrected chi connectivity index (χ1v) is 7.34. The first-order valence-electron chi connectivity index (χ1n) is 7.34. The molecule has 1 unspecified atom stereocenters. The second kappa shape index (κ2) is 4.71. The van der Waals surface area contributed by atoms with Crippen molar-refractivity contribution in [3.63, 3.8) is 0 Å². The zero-order chi connectivity index (χ0) is 15.3. The number of benzene rings is 1. The number of carboxylic acids is 1. The molecule has 3 rings (SSSR count). The summed E-state index contributed by atoms with van der Waals surface area (Å²) in [7, 11) is 0. The molecule has 3 N–H and O–H groups in total. The number of fused-ring (bicyclic) bond motifs is 1. The maximum atomic E-state index is 11.2. The van der Waals surface area contributed by atoms with Gasteiger partial charge < -0.3 is 15.6 Å². The lowest BCUT2D eigenvalue weighted by Gasteiger charge is -2.22. The van der Waals surface area contributed by atoms with E-state index in [4.69, 9.17) is 10.5 Å². The molecule has 2 aliphatic rings. The molecule has 114 valence electrons. The van der Waals surface area contributed by atoms with Crippen LogP contribution in [0, 0.1) is 0 Å². The van der Waals surface area contributed by atoms with Gasteiger partial charge in [0.05, 0.1) is 0 Å². The van der Waals surface area contributed by atoms with Gasteiger partial charge in [0.1, 0.15) is 16.9 Å². The lowest BCUT2D eigenvalue weighted by atomic mass is 10.0. The SMILES string of the molecule is CC1(C)Cc2cccc(CN3CCC(N)(C(=O)O)C3)c2O1. The molecule has 1 fully saturated rings. The molecule has 1 aromatic rings. The summed E-state index contributed by atoms with van der Waals surface area (Å²) in [6.45, 7) is 5.95. The number of rotatable bonds is 3. The van der Waals surface area contributed by atoms with Crippen molar-refractivity contribution < 1.29 is 14.6 Å². The molecule has 0 radical (unpaired) electrons. The molecule has 0 aliphatic carbocycles. The maximum Gasteiger partial charge on any atom is 0.325 e. The van der Waals surface area contributed by atoms with Gasteiger partial charge in [0.25, 0.3) is 0 Å². The van der Waals surface area contributed by atoms with E-state index in [1.165, 1.54) is 5.56 Å². The first kappa shape index (κ1) is 14.4. The lowest BCUT2D eigenvalue weighted by molar-refractivity contribution is -0.142. The fourth-order valence-corrected chi connectivity index (χ4v) is 3.27. The largest absolute Gasteiger partial charge is 0.487 e. The highest BCUT2D eigenvalue weighted by Gasteiger charge is 2.41. The van der Waals surface area contributed by atoms with Crippen LogP contribution in [0.4, 0.5) is 0 Å². The predicted molar refractivity (Wildman–Crippen MR) is 79.3 cm³/mol. The Morgan fingerprint density at radius 3 is 2.90 bits per heavy atom. The number of carbonyl (C=O) groups is 1. The van der Waals surface area contributed by atoms with Gasteiger partial charge in [0.2, 0.25) is 0 Å². The van der Waals surface area contributed by atoms with Crippen molar-refractivity contribution >= 4 is 5.97 Å². The van der Waals surface area contributed by atoms with Crippen LogP contribution in [0.1, 0.15) is 31.4 Å². The van der Waals surface area contributed by atoms with Crippen LogP contribution in [-0.2, 0) is 17.8 Å². The third-order valence-corrected chi connectivity index (χ3v) is 4.37. The monoisotopic (exact) mass is 290 g/mol. The van der Waals surface area contributed by atoms with Crippen molar-refractivity contribution in [2.24, 2.45) is 5.73 Å². The molecule has 1 atom stereocenters. The fourth-order valence-electron chi connectivity index (χ4n) is 3.27. The Morgan fingerprint density at radius 2 is 2.24 bits per heavy atom. The molecular weight excluding hydrogens is 268 g/mol. The molecule has 1 saturated heterocycles. The first-order chi connectivity index (χ1) is 9.79. The molecule has 0 spiro atoms. The Balaban J connectivity index is 1.77. The van der Waals surface area contributed by atoms with Crippen molar-refractivity contribution in [3.8, 4) is 5.75 Å². The zero-order valence-corrected chi connectivity index (χ0v) is 12.6. The summed E-state index contributed by atoms with van der Waals surface area (Å²) in [4.78, 5) is 13.3. The van der Waals surface area contributed by atoms with E-state index in [9.17, 15) is 9.90 Å². The van der Waals surface area contributed by atoms with Crippen LogP contribution in [0.5, 0.6) is 5.75 Å². The van der Waals surface area contributed by atoms with Crippen molar-refractivity contribution in [2.45, 2.75) is 44.4 Å². The van der Waals surface area contributed by atoms with E-state index in [1.54, 1.807) is 0 Å². The summed E-state index contributed by atoms with van der Waals surface area (Å²) in [5.41, 5.74) is 7.00. The Morgan fingerprint density at radius 1 is 1.48 bits per heavy atom. The van der Waals surface area contributed by atoms with E-state index in [0.717, 1.165) is 17.7 Å². The van der Waals surface area contributed by atoms with Crippen molar-refractivity contribution in [1.82, 2.24) is 4.90 Å². The number of hydrogen-bond acceptors (Lipinski definition) is 4. The summed E-state index contributed by atoms with van der Waals surface area (Å²) in [5, 5.41) is 9.20. The molecule has 5 nitrogen and oxygen atoms in total. The summed E-state index contributed by atoms with van der Waals surface area (Å²) < 4.78 is 6.06. The number of ether oxygens (including phenoxy) is 1. The Labute approximate surface area is 124 Å². The van der Waals surface area contributed by atoms with Crippen LogP contribution in [-0.4, -0.2) is 40.2 Å². The summed E-state index contributed by atoms with van der Waals surface area (Å²) in [6, 6.07) is 6.20. The molecule has 1 aromatic carbocycles. The number of nitrogens with two attached hydrogens (primary N) is 1. The van der Waals surface area contributed by atoms with Gasteiger partial charge in [0.15, 0.2) is 0 Å². The second-order valence-electron chi connectivity index (χ2n) is 6.87. The second-order valence-corrected chi connectivity index (χ2v) is 6.87. The number of aliphatic carboxylic acids is 1. The van der Waals surface area contributed by atoms with Crippen molar-refractivity contribution in [1.29, 1.82) is 0 Å². The number of para-hydroxylation sites is 1. The normalized spacial score (nSPS) is 27.4. The number of nitrogens with zero attached hydrogens (tertiary/aromatic N) is 1. The summed E-state index contributed by atoms with van der Waals surface area (Å²) in [6.07, 6.45) is 1.40. The third-order valence-electron chi connectivity index (χ3n) is 4.37. The molecule has 2 heterocycles. The molecule has 2 aliphatic heterocycles. The van der Waals surface area contributed by atoms with Crippen molar-refractivity contribution in [3.05, 3.63) is 29.3 Å². The zero-order valence-electron chi connectivity index (χ0n) is 12.6. The van der Waals surface area contributed by atoms with E-state index in [-0.39, 0.29) is 5.60 Å². The van der Waals surface area contributed by atoms with Gasteiger partial charge in [-0.2, -0.15) is 0 Å². The van der Waals surface area contributed by atoms with E-state index in [2.05, 4.69) is 30.9 Å². The van der Waals surface area contributed by atoms with Gasteiger partial charge >= 0.3 is 5.97 Å². The number of likely N-dealkylation sites (tertiary alicyclic amines) is 1. The van der Waals surface area contributed by atoms with Gasteiger partial charge in [-0.3, -0.25) is 9.69 Å². The minimum atomic E-state index is -1.11. The molecule has 21 heavy (non-hydrogen) atoms. The van der Waals surface area contributed by atoms with Crippen LogP contribution < -0.4 is 10.5 Å². The predicted octanol–water partition coefficient (Wildman–Crippen LogP) is 1.39. The average Bonchev–Trinajstić information content (AvgIpc) is 2.90. The molecular formula is C16H22N2O3. The molecule has 0 saturated carbocycles. The highest BCUT2D eigenvalue weighted by Crippen LogP contribution is 2.38. The van der Waals surface area contributed by atoms with Gasteiger partial charge in [-0.05, 0) is 25.8 Å². The van der Waals surface area contributed by atoms with Gasteiger partial charge in [0, 0.05) is 31.6 Å². The van der Waals surface area contributed by atoms with Crippen LogP contribution in [0.25, 0.3) is 0 Å². The summed E-state index contributed by atoms with van der Waals surface area (Å²) >= 11 is 0. The molecule has 0 aromatic heterocycles. The highest BCUT2D eigenvalue weighted by atomic mass is 16.5. The van der Waals surface area contributed by atoms with E-state index in [1.807, 2.05) is 6.07 Å². The van der Waals surface area contributed by atoms with Crippen LogP contribution >= 0.6 is 0 Å². The highest BCUT2D eigenvalue weighted by molar-refractivity contribution is 5.79. The third kappa shape index (κ3) is 2.63. The van der Waals surface area contributed by atoms with Crippen LogP contribution in [0.15, 0.2) is 18.2 Å². The van der Waals surface area contributed by atoms with E-state index in [0.29, 0.717) is 26.1 Å². The van der Waals surface area contributed by atoms with Gasteiger partial charge in [-0.1, -0.05) is 18.2 Å². The minimum absolute atomic E-state index is 0.165. The van der Waals surface area contributed by atoms with Crippen LogP contribution in [0.3, 0.4) is 0 Å². The van der Waals surface area contributed by atoms with E-state index < -0.39 is 11.5 Å². The lowest BCUT2D eigenvalue weighted by Crippen LogP contribution is -2.50. The van der Waals surface area contributed by atoms with E-state index >= 15 is 0 Å². The minimum Gasteiger partial charge on any atom is -0.487 e. The van der Waals surface area contributed by atoms with Crippen molar-refractivity contribution in [2.75, 3.05) is 13.1 Å². The smallest absolute Gasteiger partial charge is 0.325 e. The topological polar surface area (TPSA) is 75.8 Å². The molecule has 5 heteroatoms. The molecule has 0 bridgehead atoms. The van der Waals surface area contributed by atoms with Crippen LogP contribution in [0.2, 0.25) is 0 Å². The fraction of sp³-hybridized carbons (Fsp3) is 0.562. The Bertz CT molecular complexity index is 585. The Hall–Kier alpha value is -1.59. The molecule has 0 amide bonds. The quantitative estimate of drug-likeness (QED) is 0.880. The number of carboxylic acid groups (broad SMARTS) is 1. The van der Waals surface area contributed by atoms with Gasteiger partial charge in [-0.25, -0.2) is 0 Å². The maximum absolute atomic E-state index is 11.2.